The highest BCUT2D eigenvalue weighted by atomic mass is 16.5. The van der Waals surface area contributed by atoms with Crippen LogP contribution in [0.1, 0.15) is 32.3 Å². The van der Waals surface area contributed by atoms with Crippen molar-refractivity contribution in [3.63, 3.8) is 0 Å². The Morgan fingerprint density at radius 3 is 2.50 bits per heavy atom. The maximum absolute atomic E-state index is 9.79. The van der Waals surface area contributed by atoms with Gasteiger partial charge in [-0.2, -0.15) is 9.97 Å². The summed E-state index contributed by atoms with van der Waals surface area (Å²) in [7, 11) is 3.66. The lowest BCUT2D eigenvalue weighted by atomic mass is 10.1. The molecule has 2 unspecified atom stereocenters. The number of ether oxygens (including phenoxy) is 3. The van der Waals surface area contributed by atoms with Crippen molar-refractivity contribution >= 4 is 22.8 Å². The minimum absolute atomic E-state index is 0.107. The van der Waals surface area contributed by atoms with E-state index in [2.05, 4.69) is 36.8 Å². The predicted molar refractivity (Wildman–Crippen MR) is 140 cm³/mol. The molecule has 2 atom stereocenters. The second-order valence-corrected chi connectivity index (χ2v) is 9.72. The van der Waals surface area contributed by atoms with Crippen LogP contribution in [-0.4, -0.2) is 78.8 Å². The zero-order valence-electron chi connectivity index (χ0n) is 21.5. The van der Waals surface area contributed by atoms with E-state index in [1.165, 1.54) is 0 Å². The molecule has 1 aromatic carbocycles. The number of aromatic nitrogens is 3. The molecule has 1 N–H and O–H groups in total. The fourth-order valence-electron chi connectivity index (χ4n) is 5.19. The van der Waals surface area contributed by atoms with Crippen molar-refractivity contribution in [2.24, 2.45) is 0 Å². The van der Waals surface area contributed by atoms with Gasteiger partial charge in [-0.15, -0.1) is 0 Å². The summed E-state index contributed by atoms with van der Waals surface area (Å²) in [4.78, 5) is 19.5. The standard InChI is InChI=1S/C27H35N5O4/c1-17-14-32(15-18(2)36-17)26-22-6-7-23(19-5-8-24(34-4)20(13-19)16-33)28-25(22)29-27(30-26)31(3)21-9-11-35-12-10-21/h5-8,13,17-18,21,33H,9-12,14-16H2,1-4H3. The quantitative estimate of drug-likeness (QED) is 0.554. The molecule has 0 spiro atoms. The van der Waals surface area contributed by atoms with Crippen molar-refractivity contribution in [1.82, 2.24) is 15.0 Å². The summed E-state index contributed by atoms with van der Waals surface area (Å²) in [6.07, 6.45) is 2.11. The first-order valence-electron chi connectivity index (χ1n) is 12.6. The molecule has 5 rings (SSSR count). The molecular formula is C27H35N5O4. The number of aliphatic hydroxyl groups is 1. The maximum Gasteiger partial charge on any atom is 0.229 e. The number of rotatable bonds is 6. The third-order valence-corrected chi connectivity index (χ3v) is 7.05. The number of nitrogens with zero attached hydrogens (tertiary/aromatic N) is 5. The van der Waals surface area contributed by atoms with Crippen LogP contribution in [0.2, 0.25) is 0 Å². The van der Waals surface area contributed by atoms with Crippen LogP contribution < -0.4 is 14.5 Å². The molecule has 9 heteroatoms. The number of pyridine rings is 1. The highest BCUT2D eigenvalue weighted by Gasteiger charge is 2.28. The molecule has 192 valence electrons. The fourth-order valence-corrected chi connectivity index (χ4v) is 5.19. The van der Waals surface area contributed by atoms with Crippen LogP contribution >= 0.6 is 0 Å². The molecule has 0 radical (unpaired) electrons. The van der Waals surface area contributed by atoms with Gasteiger partial charge in [0, 0.05) is 50.5 Å². The minimum atomic E-state index is -0.107. The van der Waals surface area contributed by atoms with Crippen LogP contribution in [0.4, 0.5) is 11.8 Å². The Balaban J connectivity index is 1.60. The molecule has 3 aromatic rings. The molecule has 36 heavy (non-hydrogen) atoms. The topological polar surface area (TPSA) is 93.1 Å². The first-order chi connectivity index (χ1) is 17.5. The lowest BCUT2D eigenvalue weighted by molar-refractivity contribution is -0.00537. The van der Waals surface area contributed by atoms with Crippen molar-refractivity contribution in [2.75, 3.05) is 50.3 Å². The number of morpholine rings is 1. The SMILES string of the molecule is COc1ccc(-c2ccc3c(N4CC(C)OC(C)C4)nc(N(C)C4CCOCC4)nc3n2)cc1CO. The summed E-state index contributed by atoms with van der Waals surface area (Å²) in [6.45, 7) is 7.11. The van der Waals surface area contributed by atoms with E-state index >= 15 is 0 Å². The van der Waals surface area contributed by atoms with E-state index in [-0.39, 0.29) is 18.8 Å². The van der Waals surface area contributed by atoms with E-state index in [9.17, 15) is 5.11 Å². The molecule has 0 aliphatic carbocycles. The van der Waals surface area contributed by atoms with E-state index in [4.69, 9.17) is 29.2 Å². The summed E-state index contributed by atoms with van der Waals surface area (Å²) < 4.78 is 16.9. The number of fused-ring (bicyclic) bond motifs is 1. The molecule has 0 bridgehead atoms. The lowest BCUT2D eigenvalue weighted by Crippen LogP contribution is -2.46. The average molecular weight is 494 g/mol. The monoisotopic (exact) mass is 493 g/mol. The van der Waals surface area contributed by atoms with Crippen LogP contribution in [0.3, 0.4) is 0 Å². The number of hydrogen-bond acceptors (Lipinski definition) is 9. The Morgan fingerprint density at radius 2 is 1.81 bits per heavy atom. The Hall–Kier alpha value is -3.01. The van der Waals surface area contributed by atoms with E-state index in [0.717, 1.165) is 67.2 Å². The number of benzene rings is 1. The molecule has 2 aliphatic heterocycles. The van der Waals surface area contributed by atoms with Gasteiger partial charge < -0.3 is 29.1 Å². The molecule has 0 saturated carbocycles. The van der Waals surface area contributed by atoms with Gasteiger partial charge in [-0.3, -0.25) is 0 Å². The summed E-state index contributed by atoms with van der Waals surface area (Å²) in [5, 5.41) is 10.7. The van der Waals surface area contributed by atoms with Crippen molar-refractivity contribution in [3.05, 3.63) is 35.9 Å². The summed E-state index contributed by atoms with van der Waals surface area (Å²) in [6, 6.07) is 10.1. The lowest BCUT2D eigenvalue weighted by Gasteiger charge is -2.37. The third kappa shape index (κ3) is 4.96. The van der Waals surface area contributed by atoms with E-state index in [1.54, 1.807) is 7.11 Å². The van der Waals surface area contributed by atoms with Gasteiger partial charge in [0.25, 0.3) is 0 Å². The van der Waals surface area contributed by atoms with Crippen molar-refractivity contribution in [3.8, 4) is 17.0 Å². The third-order valence-electron chi connectivity index (χ3n) is 7.05. The molecule has 0 amide bonds. The van der Waals surface area contributed by atoms with Crippen LogP contribution in [-0.2, 0) is 16.1 Å². The first kappa shape index (κ1) is 24.7. The smallest absolute Gasteiger partial charge is 0.229 e. The first-order valence-corrected chi connectivity index (χ1v) is 12.6. The molecular weight excluding hydrogens is 458 g/mol. The average Bonchev–Trinajstić information content (AvgIpc) is 2.91. The summed E-state index contributed by atoms with van der Waals surface area (Å²) in [5.74, 6) is 2.22. The summed E-state index contributed by atoms with van der Waals surface area (Å²) in [5.41, 5.74) is 3.05. The molecule has 2 aliphatic rings. The van der Waals surface area contributed by atoms with Gasteiger partial charge in [-0.25, -0.2) is 4.98 Å². The zero-order chi connectivity index (χ0) is 25.2. The Labute approximate surface area is 212 Å². The van der Waals surface area contributed by atoms with Gasteiger partial charge in [0.05, 0.1) is 37.0 Å². The molecule has 4 heterocycles. The van der Waals surface area contributed by atoms with Gasteiger partial charge >= 0.3 is 0 Å². The van der Waals surface area contributed by atoms with Gasteiger partial charge in [0.15, 0.2) is 5.65 Å². The molecule has 2 fully saturated rings. The van der Waals surface area contributed by atoms with Crippen molar-refractivity contribution in [1.29, 1.82) is 0 Å². The molecule has 9 nitrogen and oxygen atoms in total. The molecule has 2 saturated heterocycles. The zero-order valence-corrected chi connectivity index (χ0v) is 21.5. The Bertz CT molecular complexity index is 1210. The number of hydrogen-bond donors (Lipinski definition) is 1. The second-order valence-electron chi connectivity index (χ2n) is 9.72. The number of anilines is 2. The second kappa shape index (κ2) is 10.5. The minimum Gasteiger partial charge on any atom is -0.496 e. The largest absolute Gasteiger partial charge is 0.496 e. The van der Waals surface area contributed by atoms with Gasteiger partial charge in [0.2, 0.25) is 5.95 Å². The van der Waals surface area contributed by atoms with Crippen molar-refractivity contribution in [2.45, 2.75) is 51.5 Å². The van der Waals surface area contributed by atoms with Gasteiger partial charge in [0.1, 0.15) is 11.6 Å². The van der Waals surface area contributed by atoms with E-state index in [0.29, 0.717) is 23.4 Å². The van der Waals surface area contributed by atoms with Gasteiger partial charge in [-0.05, 0) is 57.0 Å². The highest BCUT2D eigenvalue weighted by molar-refractivity contribution is 5.90. The van der Waals surface area contributed by atoms with E-state index < -0.39 is 0 Å². The van der Waals surface area contributed by atoms with E-state index in [1.807, 2.05) is 24.3 Å². The van der Waals surface area contributed by atoms with Gasteiger partial charge in [-0.1, -0.05) is 0 Å². The van der Waals surface area contributed by atoms with Crippen LogP contribution in [0.5, 0.6) is 5.75 Å². The van der Waals surface area contributed by atoms with Crippen LogP contribution in [0.15, 0.2) is 30.3 Å². The predicted octanol–water partition coefficient (Wildman–Crippen LogP) is 3.42. The normalized spacial score (nSPS) is 21.1. The fraction of sp³-hybridized carbons (Fsp3) is 0.519. The molecule has 2 aromatic heterocycles. The van der Waals surface area contributed by atoms with Crippen LogP contribution in [0.25, 0.3) is 22.3 Å². The number of methoxy groups -OCH3 is 1. The highest BCUT2D eigenvalue weighted by Crippen LogP contribution is 2.32. The maximum atomic E-state index is 9.79. The summed E-state index contributed by atoms with van der Waals surface area (Å²) >= 11 is 0. The Kier molecular flexibility index (Phi) is 7.22. The van der Waals surface area contributed by atoms with Crippen LogP contribution in [0, 0.1) is 0 Å². The van der Waals surface area contributed by atoms with Crippen molar-refractivity contribution < 1.29 is 19.3 Å². The number of aliphatic hydroxyl groups excluding tert-OH is 1. The Morgan fingerprint density at radius 1 is 1.06 bits per heavy atom.